The van der Waals surface area contributed by atoms with Crippen LogP contribution in [0.1, 0.15) is 42.4 Å². The zero-order valence-electron chi connectivity index (χ0n) is 14.6. The van der Waals surface area contributed by atoms with E-state index in [2.05, 4.69) is 27.0 Å². The molecule has 2 aromatic heterocycles. The highest BCUT2D eigenvalue weighted by Crippen LogP contribution is 2.12. The van der Waals surface area contributed by atoms with Gasteiger partial charge in [-0.15, -0.1) is 0 Å². The fraction of sp³-hybridized carbons (Fsp3) is 0.562. The number of unbranched alkanes of at least 4 members (excludes halogenated alkanes) is 1. The van der Waals surface area contributed by atoms with Gasteiger partial charge in [0.2, 0.25) is 5.96 Å². The van der Waals surface area contributed by atoms with Crippen LogP contribution in [0.2, 0.25) is 0 Å². The number of rotatable bonds is 8. The van der Waals surface area contributed by atoms with E-state index in [1.807, 2.05) is 13.8 Å². The molecule has 8 heteroatoms. The Morgan fingerprint density at radius 1 is 1.42 bits per heavy atom. The van der Waals surface area contributed by atoms with Crippen LogP contribution in [-0.2, 0) is 12.2 Å². The quantitative estimate of drug-likeness (QED) is 0.384. The number of imidazole rings is 1. The van der Waals surface area contributed by atoms with Gasteiger partial charge in [0.1, 0.15) is 0 Å². The van der Waals surface area contributed by atoms with Crippen molar-refractivity contribution in [3.63, 3.8) is 0 Å². The van der Waals surface area contributed by atoms with Crippen molar-refractivity contribution in [1.82, 2.24) is 19.7 Å². The van der Waals surface area contributed by atoms with Gasteiger partial charge in [-0.1, -0.05) is 13.3 Å². The van der Waals surface area contributed by atoms with Crippen molar-refractivity contribution < 1.29 is 0 Å². The summed E-state index contributed by atoms with van der Waals surface area (Å²) in [5.74, 6) is 1.89. The minimum Gasteiger partial charge on any atom is -0.368 e. The van der Waals surface area contributed by atoms with Crippen LogP contribution in [0, 0.1) is 13.8 Å². The Bertz CT molecular complexity index is 742. The van der Waals surface area contributed by atoms with Crippen LogP contribution >= 0.6 is 11.8 Å². The highest BCUT2D eigenvalue weighted by molar-refractivity contribution is 7.98. The molecule has 7 nitrogen and oxygen atoms in total. The van der Waals surface area contributed by atoms with Gasteiger partial charge in [-0.25, -0.2) is 4.98 Å². The summed E-state index contributed by atoms with van der Waals surface area (Å²) in [7, 11) is 0. The molecule has 2 aromatic rings. The predicted molar refractivity (Wildman–Crippen MR) is 99.8 cm³/mol. The Hall–Kier alpha value is -1.96. The van der Waals surface area contributed by atoms with E-state index in [1.54, 1.807) is 18.1 Å². The number of nitrogens with one attached hydrogen (secondary N) is 2. The molecular weight excluding hydrogens is 324 g/mol. The summed E-state index contributed by atoms with van der Waals surface area (Å²) in [4.78, 5) is 24.0. The smallest absolute Gasteiger partial charge is 0.277 e. The Morgan fingerprint density at radius 2 is 2.21 bits per heavy atom. The molecule has 0 aromatic carbocycles. The molecular formula is C16H26N6OS. The highest BCUT2D eigenvalue weighted by atomic mass is 32.2. The summed E-state index contributed by atoms with van der Waals surface area (Å²) in [5, 5.41) is 3.02. The second-order valence-electron chi connectivity index (χ2n) is 5.73. The zero-order valence-corrected chi connectivity index (χ0v) is 15.4. The number of H-pyrrole nitrogens is 2. The normalized spacial score (nSPS) is 12.0. The van der Waals surface area contributed by atoms with Crippen molar-refractivity contribution in [3.8, 4) is 0 Å². The molecule has 0 amide bonds. The lowest BCUT2D eigenvalue weighted by atomic mass is 10.1. The maximum atomic E-state index is 12.4. The van der Waals surface area contributed by atoms with E-state index < -0.39 is 0 Å². The molecule has 0 unspecified atom stereocenters. The number of aliphatic imine (C=N–C) groups is 1. The van der Waals surface area contributed by atoms with Gasteiger partial charge in [0, 0.05) is 28.5 Å². The molecule has 24 heavy (non-hydrogen) atoms. The largest absolute Gasteiger partial charge is 0.368 e. The average Bonchev–Trinajstić information content (AvgIpc) is 3.09. The first-order valence-electron chi connectivity index (χ1n) is 8.22. The molecule has 2 heterocycles. The van der Waals surface area contributed by atoms with Crippen LogP contribution in [0.25, 0.3) is 0 Å². The fourth-order valence-corrected chi connectivity index (χ4v) is 3.24. The van der Waals surface area contributed by atoms with E-state index in [-0.39, 0.29) is 11.5 Å². The molecule has 0 aliphatic carbocycles. The maximum Gasteiger partial charge on any atom is 0.277 e. The Kier molecular flexibility index (Phi) is 6.72. The molecule has 0 aliphatic rings. The van der Waals surface area contributed by atoms with E-state index in [1.165, 1.54) is 4.68 Å². The summed E-state index contributed by atoms with van der Waals surface area (Å²) in [6.07, 6.45) is 4.53. The van der Waals surface area contributed by atoms with Crippen molar-refractivity contribution in [2.75, 3.05) is 12.3 Å². The molecule has 0 aliphatic heterocycles. The lowest BCUT2D eigenvalue weighted by molar-refractivity contribution is 0.786. The van der Waals surface area contributed by atoms with Crippen LogP contribution < -0.4 is 11.3 Å². The third-order valence-electron chi connectivity index (χ3n) is 3.89. The van der Waals surface area contributed by atoms with Crippen LogP contribution in [0.3, 0.4) is 0 Å². The van der Waals surface area contributed by atoms with Gasteiger partial charge in [-0.2, -0.15) is 16.4 Å². The molecule has 2 rings (SSSR count). The topological polar surface area (TPSA) is 105 Å². The molecule has 0 fully saturated rings. The first kappa shape index (κ1) is 18.4. The standard InChI is InChI=1S/C16H26N6OS/c1-4-5-6-13-11(2)21-22(15(13)23)16(17)18-7-8-24-9-14-12(3)19-10-20-14/h10,21H,4-9H2,1-3H3,(H2,17,18)(H,19,20). The summed E-state index contributed by atoms with van der Waals surface area (Å²) in [6, 6.07) is 0. The predicted octanol–water partition coefficient (Wildman–Crippen LogP) is 1.96. The Labute approximate surface area is 146 Å². The third kappa shape index (κ3) is 4.53. The summed E-state index contributed by atoms with van der Waals surface area (Å²) < 4.78 is 1.35. The Morgan fingerprint density at radius 3 is 2.88 bits per heavy atom. The van der Waals surface area contributed by atoms with Crippen LogP contribution in [0.15, 0.2) is 16.1 Å². The fourth-order valence-electron chi connectivity index (χ4n) is 2.39. The zero-order chi connectivity index (χ0) is 17.5. The number of aromatic amines is 2. The summed E-state index contributed by atoms with van der Waals surface area (Å²) in [6.45, 7) is 6.58. The lowest BCUT2D eigenvalue weighted by Crippen LogP contribution is -2.33. The molecule has 0 saturated carbocycles. The number of nitrogens with zero attached hydrogens (tertiary/aromatic N) is 3. The second kappa shape index (κ2) is 8.77. The molecule has 0 spiro atoms. The van der Waals surface area contributed by atoms with Crippen molar-refractivity contribution in [2.45, 2.75) is 45.8 Å². The molecule has 0 atom stereocenters. The van der Waals surface area contributed by atoms with Crippen molar-refractivity contribution in [3.05, 3.63) is 39.3 Å². The number of aryl methyl sites for hydroxylation is 2. The summed E-state index contributed by atoms with van der Waals surface area (Å²) >= 11 is 1.74. The molecule has 132 valence electrons. The van der Waals surface area contributed by atoms with Gasteiger partial charge in [0.05, 0.1) is 18.6 Å². The van der Waals surface area contributed by atoms with Gasteiger partial charge in [0.15, 0.2) is 0 Å². The average molecular weight is 350 g/mol. The maximum absolute atomic E-state index is 12.4. The van der Waals surface area contributed by atoms with Gasteiger partial charge < -0.3 is 10.7 Å². The number of hydrogen-bond donors (Lipinski definition) is 3. The first-order chi connectivity index (χ1) is 11.5. The van der Waals surface area contributed by atoms with Crippen molar-refractivity contribution in [2.24, 2.45) is 10.7 Å². The van der Waals surface area contributed by atoms with Gasteiger partial charge >= 0.3 is 0 Å². The van der Waals surface area contributed by atoms with E-state index in [4.69, 9.17) is 5.73 Å². The molecule has 4 N–H and O–H groups in total. The van der Waals surface area contributed by atoms with Crippen LogP contribution in [0.4, 0.5) is 0 Å². The van der Waals surface area contributed by atoms with Crippen molar-refractivity contribution >= 4 is 17.7 Å². The van der Waals surface area contributed by atoms with E-state index >= 15 is 0 Å². The number of hydrogen-bond acceptors (Lipinski definition) is 4. The van der Waals surface area contributed by atoms with Crippen molar-refractivity contribution in [1.29, 1.82) is 0 Å². The number of aromatic nitrogens is 4. The number of thioether (sulfide) groups is 1. The monoisotopic (exact) mass is 350 g/mol. The van der Waals surface area contributed by atoms with E-state index in [0.29, 0.717) is 6.54 Å². The van der Waals surface area contributed by atoms with Crippen LogP contribution in [0.5, 0.6) is 0 Å². The number of nitrogens with two attached hydrogens (primary N) is 1. The van der Waals surface area contributed by atoms with Gasteiger partial charge in [-0.3, -0.25) is 14.9 Å². The van der Waals surface area contributed by atoms with Gasteiger partial charge in [0.25, 0.3) is 5.56 Å². The lowest BCUT2D eigenvalue weighted by Gasteiger charge is -2.01. The van der Waals surface area contributed by atoms with Crippen LogP contribution in [-0.4, -0.2) is 38.0 Å². The minimum absolute atomic E-state index is 0.0815. The van der Waals surface area contributed by atoms with Gasteiger partial charge in [-0.05, 0) is 26.7 Å². The third-order valence-corrected chi connectivity index (χ3v) is 4.83. The highest BCUT2D eigenvalue weighted by Gasteiger charge is 2.12. The first-order valence-corrected chi connectivity index (χ1v) is 9.37. The van der Waals surface area contributed by atoms with E-state index in [0.717, 1.165) is 53.4 Å². The Balaban J connectivity index is 1.89. The molecule has 0 bridgehead atoms. The minimum atomic E-state index is -0.0815. The SMILES string of the molecule is CCCCc1c(C)[nH]n(C(N)=NCCSCc2nc[nH]c2C)c1=O. The summed E-state index contributed by atoms with van der Waals surface area (Å²) in [5.41, 5.74) is 9.72. The molecule has 0 radical (unpaired) electrons. The molecule has 0 saturated heterocycles. The second-order valence-corrected chi connectivity index (χ2v) is 6.83. The van der Waals surface area contributed by atoms with E-state index in [9.17, 15) is 4.79 Å².